The summed E-state index contributed by atoms with van der Waals surface area (Å²) in [4.78, 5) is 12.4. The molecule has 2 aromatic carbocycles. The van der Waals surface area contributed by atoms with Gasteiger partial charge in [-0.3, -0.25) is 4.79 Å². The second kappa shape index (κ2) is 6.52. The second-order valence-corrected chi connectivity index (χ2v) is 5.24. The van der Waals surface area contributed by atoms with Crippen LogP contribution in [0.4, 0.5) is 0 Å². The van der Waals surface area contributed by atoms with Crippen LogP contribution >= 0.6 is 0 Å². The number of benzene rings is 2. The van der Waals surface area contributed by atoms with E-state index in [1.54, 1.807) is 0 Å². The zero-order valence-corrected chi connectivity index (χ0v) is 12.5. The highest BCUT2D eigenvalue weighted by Gasteiger charge is 2.28. The van der Waals surface area contributed by atoms with Gasteiger partial charge in [0.25, 0.3) is 5.91 Å². The van der Waals surface area contributed by atoms with Gasteiger partial charge in [-0.2, -0.15) is 0 Å². The molecule has 114 valence electrons. The molecule has 0 aromatic heterocycles. The highest BCUT2D eigenvalue weighted by molar-refractivity contribution is 5.82. The minimum Gasteiger partial charge on any atom is -0.485 e. The van der Waals surface area contributed by atoms with Crippen LogP contribution in [0.3, 0.4) is 0 Å². The van der Waals surface area contributed by atoms with Crippen LogP contribution in [0.15, 0.2) is 54.6 Å². The molecule has 22 heavy (non-hydrogen) atoms. The third kappa shape index (κ3) is 3.06. The average molecular weight is 297 g/mol. The van der Waals surface area contributed by atoms with E-state index in [1.165, 1.54) is 0 Å². The maximum absolute atomic E-state index is 12.4. The lowest BCUT2D eigenvalue weighted by Crippen LogP contribution is -2.45. The Hall–Kier alpha value is -2.49. The number of amides is 1. The van der Waals surface area contributed by atoms with Gasteiger partial charge in [0.1, 0.15) is 6.61 Å². The van der Waals surface area contributed by atoms with Crippen LogP contribution in [0, 0.1) is 0 Å². The van der Waals surface area contributed by atoms with Crippen LogP contribution in [0.5, 0.6) is 11.5 Å². The first-order valence-electron chi connectivity index (χ1n) is 7.51. The van der Waals surface area contributed by atoms with Crippen molar-refractivity contribution >= 4 is 5.91 Å². The zero-order valence-electron chi connectivity index (χ0n) is 12.5. The lowest BCUT2D eigenvalue weighted by molar-refractivity contribution is -0.131. The number of ether oxygens (including phenoxy) is 2. The molecule has 3 rings (SSSR count). The van der Waals surface area contributed by atoms with E-state index in [0.717, 1.165) is 12.0 Å². The van der Waals surface area contributed by atoms with E-state index in [4.69, 9.17) is 9.47 Å². The number of fused-ring (bicyclic) bond motifs is 1. The summed E-state index contributed by atoms with van der Waals surface area (Å²) in [5.74, 6) is 1.15. The van der Waals surface area contributed by atoms with Gasteiger partial charge in [-0.15, -0.1) is 0 Å². The lowest BCUT2D eigenvalue weighted by atomic mass is 10.0. The van der Waals surface area contributed by atoms with Crippen molar-refractivity contribution in [2.75, 3.05) is 6.61 Å². The van der Waals surface area contributed by atoms with Crippen LogP contribution in [0.1, 0.15) is 24.9 Å². The summed E-state index contributed by atoms with van der Waals surface area (Å²) in [5, 5.41) is 3.04. The minimum atomic E-state index is -0.618. The van der Waals surface area contributed by atoms with Gasteiger partial charge in [0.05, 0.1) is 6.04 Å². The van der Waals surface area contributed by atoms with Gasteiger partial charge in [0.2, 0.25) is 6.10 Å². The Labute approximate surface area is 130 Å². The number of carbonyl (C=O) groups is 1. The molecular weight excluding hydrogens is 278 g/mol. The van der Waals surface area contributed by atoms with Crippen molar-refractivity contribution in [3.63, 3.8) is 0 Å². The maximum Gasteiger partial charge on any atom is 0.265 e. The summed E-state index contributed by atoms with van der Waals surface area (Å²) in [5.41, 5.74) is 1.09. The number of carbonyl (C=O) groups excluding carboxylic acids is 1. The van der Waals surface area contributed by atoms with Crippen molar-refractivity contribution in [2.45, 2.75) is 25.5 Å². The Morgan fingerprint density at radius 2 is 1.82 bits per heavy atom. The Morgan fingerprint density at radius 3 is 2.55 bits per heavy atom. The number of rotatable bonds is 4. The van der Waals surface area contributed by atoms with Crippen molar-refractivity contribution in [1.29, 1.82) is 0 Å². The van der Waals surface area contributed by atoms with Crippen LogP contribution in [-0.4, -0.2) is 18.6 Å². The van der Waals surface area contributed by atoms with E-state index >= 15 is 0 Å². The van der Waals surface area contributed by atoms with Gasteiger partial charge in [-0.25, -0.2) is 0 Å². The summed E-state index contributed by atoms with van der Waals surface area (Å²) in [7, 11) is 0. The molecule has 0 fully saturated rings. The predicted octanol–water partition coefficient (Wildman–Crippen LogP) is 3.09. The highest BCUT2D eigenvalue weighted by Crippen LogP contribution is 2.31. The summed E-state index contributed by atoms with van der Waals surface area (Å²) >= 11 is 0. The predicted molar refractivity (Wildman–Crippen MR) is 84.0 cm³/mol. The molecule has 2 aromatic rings. The topological polar surface area (TPSA) is 47.6 Å². The molecule has 1 heterocycles. The largest absolute Gasteiger partial charge is 0.485 e. The van der Waals surface area contributed by atoms with E-state index < -0.39 is 6.10 Å². The number of hydrogen-bond donors (Lipinski definition) is 1. The second-order valence-electron chi connectivity index (χ2n) is 5.24. The van der Waals surface area contributed by atoms with Gasteiger partial charge in [-0.1, -0.05) is 49.4 Å². The number of nitrogens with one attached hydrogen (secondary N) is 1. The summed E-state index contributed by atoms with van der Waals surface area (Å²) in [6.45, 7) is 2.28. The highest BCUT2D eigenvalue weighted by atomic mass is 16.6. The van der Waals surface area contributed by atoms with Crippen LogP contribution < -0.4 is 14.8 Å². The quantitative estimate of drug-likeness (QED) is 0.943. The molecule has 0 bridgehead atoms. The SMILES string of the molecule is CC[C@H](NC(=O)[C@H]1COc2ccccc2O1)c1ccccc1. The molecule has 0 radical (unpaired) electrons. The van der Waals surface area contributed by atoms with Crippen molar-refractivity contribution in [3.8, 4) is 11.5 Å². The van der Waals surface area contributed by atoms with E-state index in [-0.39, 0.29) is 18.6 Å². The smallest absolute Gasteiger partial charge is 0.265 e. The van der Waals surface area contributed by atoms with Gasteiger partial charge in [-0.05, 0) is 24.1 Å². The third-order valence-corrected chi connectivity index (χ3v) is 3.73. The van der Waals surface area contributed by atoms with Gasteiger partial charge in [0, 0.05) is 0 Å². The van der Waals surface area contributed by atoms with Crippen molar-refractivity contribution in [2.24, 2.45) is 0 Å². The molecule has 0 saturated heterocycles. The molecule has 1 aliphatic heterocycles. The van der Waals surface area contributed by atoms with Crippen LogP contribution in [-0.2, 0) is 4.79 Å². The molecule has 4 heteroatoms. The van der Waals surface area contributed by atoms with E-state index in [2.05, 4.69) is 5.32 Å². The van der Waals surface area contributed by atoms with E-state index in [9.17, 15) is 4.79 Å². The maximum atomic E-state index is 12.4. The summed E-state index contributed by atoms with van der Waals surface area (Å²) < 4.78 is 11.3. The standard InChI is InChI=1S/C18H19NO3/c1-2-14(13-8-4-3-5-9-13)19-18(20)17-12-21-15-10-6-7-11-16(15)22-17/h3-11,14,17H,2,12H2,1H3,(H,19,20)/t14-,17+/m0/s1. The summed E-state index contributed by atoms with van der Waals surface area (Å²) in [6.07, 6.45) is 0.201. The Kier molecular flexibility index (Phi) is 4.28. The minimum absolute atomic E-state index is 0.0190. The van der Waals surface area contributed by atoms with Gasteiger partial charge < -0.3 is 14.8 Å². The molecule has 0 saturated carbocycles. The number of para-hydroxylation sites is 2. The normalized spacial score (nSPS) is 17.6. The van der Waals surface area contributed by atoms with E-state index in [0.29, 0.717) is 11.5 Å². The number of hydrogen-bond acceptors (Lipinski definition) is 3. The first-order valence-corrected chi connectivity index (χ1v) is 7.51. The Bertz CT molecular complexity index is 642. The van der Waals surface area contributed by atoms with Crippen molar-refractivity contribution < 1.29 is 14.3 Å². The van der Waals surface area contributed by atoms with Crippen LogP contribution in [0.2, 0.25) is 0 Å². The molecule has 0 spiro atoms. The van der Waals surface area contributed by atoms with Gasteiger partial charge in [0.15, 0.2) is 11.5 Å². The molecule has 4 nitrogen and oxygen atoms in total. The van der Waals surface area contributed by atoms with Crippen molar-refractivity contribution in [3.05, 3.63) is 60.2 Å². The molecule has 1 N–H and O–H groups in total. The fraction of sp³-hybridized carbons (Fsp3) is 0.278. The molecule has 1 amide bonds. The third-order valence-electron chi connectivity index (χ3n) is 3.73. The van der Waals surface area contributed by atoms with E-state index in [1.807, 2.05) is 61.5 Å². The van der Waals surface area contributed by atoms with Crippen LogP contribution in [0.25, 0.3) is 0 Å². The van der Waals surface area contributed by atoms with Gasteiger partial charge >= 0.3 is 0 Å². The average Bonchev–Trinajstić information content (AvgIpc) is 2.59. The molecule has 0 aliphatic carbocycles. The molecular formula is C18H19NO3. The molecule has 1 aliphatic rings. The first-order chi connectivity index (χ1) is 10.8. The fourth-order valence-corrected chi connectivity index (χ4v) is 2.52. The molecule has 0 unspecified atom stereocenters. The first kappa shape index (κ1) is 14.4. The lowest BCUT2D eigenvalue weighted by Gasteiger charge is -2.27. The monoisotopic (exact) mass is 297 g/mol. The Morgan fingerprint density at radius 1 is 1.14 bits per heavy atom. The fourth-order valence-electron chi connectivity index (χ4n) is 2.52. The zero-order chi connectivity index (χ0) is 15.4. The molecule has 2 atom stereocenters. The summed E-state index contributed by atoms with van der Waals surface area (Å²) in [6, 6.07) is 17.3. The van der Waals surface area contributed by atoms with Crippen molar-refractivity contribution in [1.82, 2.24) is 5.32 Å². The Balaban J connectivity index is 1.67.